The van der Waals surface area contributed by atoms with Crippen molar-refractivity contribution in [3.8, 4) is 17.2 Å². The molecule has 1 aliphatic rings. The van der Waals surface area contributed by atoms with E-state index in [1.165, 1.54) is 6.07 Å². The maximum atomic E-state index is 14.6. The Morgan fingerprint density at radius 3 is 2.19 bits per heavy atom. The van der Waals surface area contributed by atoms with Gasteiger partial charge in [0.05, 0.1) is 26.2 Å². The zero-order chi connectivity index (χ0) is 29.9. The van der Waals surface area contributed by atoms with Crippen LogP contribution in [-0.2, 0) is 11.2 Å². The summed E-state index contributed by atoms with van der Waals surface area (Å²) in [6.07, 6.45) is 0.661. The van der Waals surface area contributed by atoms with E-state index in [-0.39, 0.29) is 12.5 Å². The van der Waals surface area contributed by atoms with E-state index in [0.717, 1.165) is 33.2 Å². The summed E-state index contributed by atoms with van der Waals surface area (Å²) in [6, 6.07) is 30.2. The minimum atomic E-state index is -0.482. The number of methoxy groups -OCH3 is 2. The topological polar surface area (TPSA) is 78.2 Å². The fraction of sp³-hybridized carbons (Fsp3) is 0.222. The molecule has 7 heteroatoms. The number of hydrogen-bond acceptors (Lipinski definition) is 6. The lowest BCUT2D eigenvalue weighted by Crippen LogP contribution is -2.45. The predicted molar refractivity (Wildman–Crippen MR) is 165 cm³/mol. The third-order valence-electron chi connectivity index (χ3n) is 8.13. The van der Waals surface area contributed by atoms with Gasteiger partial charge in [0.15, 0.2) is 11.5 Å². The molecular formula is C36H33NO6. The molecule has 6 rings (SSSR count). The van der Waals surface area contributed by atoms with Crippen LogP contribution in [0.15, 0.2) is 106 Å². The molecule has 218 valence electrons. The molecule has 0 fully saturated rings. The third kappa shape index (κ3) is 5.58. The molecule has 0 bridgehead atoms. The van der Waals surface area contributed by atoms with Crippen LogP contribution in [0.25, 0.3) is 11.0 Å². The number of carbonyl (C=O) groups excluding carboxylic acids is 1. The fourth-order valence-corrected chi connectivity index (χ4v) is 5.98. The number of aryl methyl sites for hydroxylation is 1. The van der Waals surface area contributed by atoms with Crippen LogP contribution in [0.3, 0.4) is 0 Å². The van der Waals surface area contributed by atoms with Gasteiger partial charge in [-0.1, -0.05) is 60.7 Å². The number of rotatable bonds is 8. The first-order valence-electron chi connectivity index (χ1n) is 14.3. The summed E-state index contributed by atoms with van der Waals surface area (Å²) in [6.45, 7) is 2.57. The van der Waals surface area contributed by atoms with Crippen LogP contribution >= 0.6 is 0 Å². The van der Waals surface area contributed by atoms with Crippen molar-refractivity contribution in [2.45, 2.75) is 25.3 Å². The molecular weight excluding hydrogens is 542 g/mol. The second kappa shape index (κ2) is 12.1. The Kier molecular flexibility index (Phi) is 7.88. The van der Waals surface area contributed by atoms with Gasteiger partial charge in [0.1, 0.15) is 17.9 Å². The highest BCUT2D eigenvalue weighted by Gasteiger charge is 2.37. The van der Waals surface area contributed by atoms with E-state index >= 15 is 0 Å². The van der Waals surface area contributed by atoms with E-state index in [1.807, 2.05) is 96.8 Å². The van der Waals surface area contributed by atoms with E-state index < -0.39 is 17.6 Å². The second-order valence-corrected chi connectivity index (χ2v) is 10.7. The van der Waals surface area contributed by atoms with Crippen molar-refractivity contribution in [1.29, 1.82) is 0 Å². The number of benzene rings is 4. The molecule has 5 aromatic rings. The number of carbonyl (C=O) groups is 1. The number of hydrogen-bond donors (Lipinski definition) is 0. The van der Waals surface area contributed by atoms with Gasteiger partial charge in [-0.05, 0) is 65.4 Å². The Labute approximate surface area is 250 Å². The molecule has 1 unspecified atom stereocenters. The largest absolute Gasteiger partial charge is 0.493 e. The average molecular weight is 576 g/mol. The first kappa shape index (κ1) is 28.1. The molecule has 1 aliphatic heterocycles. The molecule has 0 aliphatic carbocycles. The Morgan fingerprint density at radius 1 is 0.884 bits per heavy atom. The van der Waals surface area contributed by atoms with Gasteiger partial charge in [-0.3, -0.25) is 4.79 Å². The van der Waals surface area contributed by atoms with Gasteiger partial charge in [0.25, 0.3) is 0 Å². The van der Waals surface area contributed by atoms with Gasteiger partial charge in [-0.25, -0.2) is 4.79 Å². The normalized spacial score (nSPS) is 14.4. The third-order valence-corrected chi connectivity index (χ3v) is 8.13. The maximum absolute atomic E-state index is 14.6. The molecule has 0 saturated heterocycles. The number of ether oxygens (including phenoxy) is 3. The van der Waals surface area contributed by atoms with Crippen LogP contribution in [0.1, 0.15) is 39.8 Å². The minimum absolute atomic E-state index is 0.00781. The van der Waals surface area contributed by atoms with Crippen molar-refractivity contribution in [2.75, 3.05) is 27.4 Å². The lowest BCUT2D eigenvalue weighted by atomic mass is 9.86. The van der Waals surface area contributed by atoms with Crippen LogP contribution in [0.2, 0.25) is 0 Å². The molecule has 7 nitrogen and oxygen atoms in total. The van der Waals surface area contributed by atoms with Gasteiger partial charge < -0.3 is 23.5 Å². The van der Waals surface area contributed by atoms with Gasteiger partial charge >= 0.3 is 5.63 Å². The molecule has 0 radical (unpaired) electrons. The lowest BCUT2D eigenvalue weighted by Gasteiger charge is -2.39. The Balaban J connectivity index is 1.40. The molecule has 43 heavy (non-hydrogen) atoms. The first-order chi connectivity index (χ1) is 21.0. The van der Waals surface area contributed by atoms with E-state index in [1.54, 1.807) is 20.3 Å². The van der Waals surface area contributed by atoms with Gasteiger partial charge in [-0.15, -0.1) is 0 Å². The molecule has 0 spiro atoms. The van der Waals surface area contributed by atoms with Crippen LogP contribution in [-0.4, -0.2) is 38.2 Å². The summed E-state index contributed by atoms with van der Waals surface area (Å²) in [7, 11) is 3.22. The highest BCUT2D eigenvalue weighted by molar-refractivity contribution is 5.88. The maximum Gasteiger partial charge on any atom is 0.336 e. The molecule has 1 amide bonds. The van der Waals surface area contributed by atoms with Crippen LogP contribution < -0.4 is 19.8 Å². The quantitative estimate of drug-likeness (QED) is 0.198. The number of nitrogens with zero attached hydrogens (tertiary/aromatic N) is 1. The Morgan fingerprint density at radius 2 is 1.53 bits per heavy atom. The van der Waals surface area contributed by atoms with Gasteiger partial charge in [0, 0.05) is 24.1 Å². The van der Waals surface area contributed by atoms with Crippen molar-refractivity contribution in [1.82, 2.24) is 4.90 Å². The standard InChI is InChI=1S/C36H33NO6/c1-23-18-34(38)43-31-20-27(14-15-28(23)31)42-22-30-29-21-33(41-3)32(40-2)19-26(29)16-17-37(30)36(39)35(24-10-6-4-7-11-24)25-12-8-5-9-13-25/h4-15,18-21,30,35H,16-17,22H2,1-3H3. The molecule has 0 saturated carbocycles. The van der Waals surface area contributed by atoms with E-state index in [0.29, 0.717) is 35.8 Å². The SMILES string of the molecule is COc1cc2c(cc1OC)C(COc1ccc3c(C)cc(=O)oc3c1)N(C(=O)C(c1ccccc1)c1ccccc1)CC2. The number of fused-ring (bicyclic) bond motifs is 2. The first-order valence-corrected chi connectivity index (χ1v) is 14.3. The second-order valence-electron chi connectivity index (χ2n) is 10.7. The summed E-state index contributed by atoms with van der Waals surface area (Å²) in [5.41, 5.74) is 4.76. The predicted octanol–water partition coefficient (Wildman–Crippen LogP) is 6.46. The number of amides is 1. The Bertz CT molecular complexity index is 1780. The van der Waals surface area contributed by atoms with Gasteiger partial charge in [0.2, 0.25) is 5.91 Å². The van der Waals surface area contributed by atoms with Crippen LogP contribution in [0.4, 0.5) is 0 Å². The zero-order valence-corrected chi connectivity index (χ0v) is 24.4. The average Bonchev–Trinajstić information content (AvgIpc) is 3.03. The van der Waals surface area contributed by atoms with E-state index in [2.05, 4.69) is 0 Å². The highest BCUT2D eigenvalue weighted by atomic mass is 16.5. The minimum Gasteiger partial charge on any atom is -0.493 e. The Hall–Kier alpha value is -5.04. The smallest absolute Gasteiger partial charge is 0.336 e. The molecule has 2 heterocycles. The van der Waals surface area contributed by atoms with E-state index in [4.69, 9.17) is 18.6 Å². The molecule has 1 atom stereocenters. The van der Waals surface area contributed by atoms with Gasteiger partial charge in [-0.2, -0.15) is 0 Å². The van der Waals surface area contributed by atoms with Crippen molar-refractivity contribution < 1.29 is 23.4 Å². The molecule has 4 aromatic carbocycles. The van der Waals surface area contributed by atoms with Crippen LogP contribution in [0, 0.1) is 6.92 Å². The molecule has 1 aromatic heterocycles. The van der Waals surface area contributed by atoms with Crippen molar-refractivity contribution in [2.24, 2.45) is 0 Å². The monoisotopic (exact) mass is 575 g/mol. The van der Waals surface area contributed by atoms with Crippen molar-refractivity contribution in [3.05, 3.63) is 135 Å². The summed E-state index contributed by atoms with van der Waals surface area (Å²) in [5, 5.41) is 0.845. The highest BCUT2D eigenvalue weighted by Crippen LogP contribution is 2.40. The zero-order valence-electron chi connectivity index (χ0n) is 24.4. The van der Waals surface area contributed by atoms with Crippen molar-refractivity contribution >= 4 is 16.9 Å². The summed E-state index contributed by atoms with van der Waals surface area (Å²) >= 11 is 0. The van der Waals surface area contributed by atoms with E-state index in [9.17, 15) is 9.59 Å². The summed E-state index contributed by atoms with van der Waals surface area (Å²) in [4.78, 5) is 28.6. The van der Waals surface area contributed by atoms with Crippen LogP contribution in [0.5, 0.6) is 17.2 Å². The summed E-state index contributed by atoms with van der Waals surface area (Å²) in [5.74, 6) is 1.29. The lowest BCUT2D eigenvalue weighted by molar-refractivity contribution is -0.135. The van der Waals surface area contributed by atoms with Crippen molar-refractivity contribution in [3.63, 3.8) is 0 Å². The molecule has 0 N–H and O–H groups in total. The summed E-state index contributed by atoms with van der Waals surface area (Å²) < 4.78 is 23.0. The fourth-order valence-electron chi connectivity index (χ4n) is 5.98.